The number of hydrogen-bond acceptors (Lipinski definition) is 5. The van der Waals surface area contributed by atoms with Crippen molar-refractivity contribution in [2.75, 3.05) is 12.4 Å². The lowest BCUT2D eigenvalue weighted by Gasteiger charge is -2.16. The number of rotatable bonds is 4. The van der Waals surface area contributed by atoms with Gasteiger partial charge in [-0.25, -0.2) is 4.98 Å². The first-order valence-corrected chi connectivity index (χ1v) is 10.4. The van der Waals surface area contributed by atoms with Crippen LogP contribution in [0.3, 0.4) is 0 Å². The first-order valence-electron chi connectivity index (χ1n) is 8.57. The highest BCUT2D eigenvalue weighted by Crippen LogP contribution is 2.34. The number of fused-ring (bicyclic) bond motifs is 3. The number of aromatic nitrogens is 2. The normalized spacial score (nSPS) is 21.0. The summed E-state index contributed by atoms with van der Waals surface area (Å²) in [5, 5.41) is 1.75. The van der Waals surface area contributed by atoms with Crippen molar-refractivity contribution in [3.63, 3.8) is 0 Å². The maximum absolute atomic E-state index is 13.2. The lowest BCUT2D eigenvalue weighted by atomic mass is 9.97. The maximum Gasteiger partial charge on any atom is 0.263 e. The summed E-state index contributed by atoms with van der Waals surface area (Å²) in [5.41, 5.74) is 1.43. The van der Waals surface area contributed by atoms with Crippen LogP contribution in [0, 0.1) is 0 Å². The smallest absolute Gasteiger partial charge is 0.263 e. The molecule has 2 aromatic rings. The fourth-order valence-corrected chi connectivity index (χ4v) is 5.65. The van der Waals surface area contributed by atoms with Crippen molar-refractivity contribution in [3.8, 4) is 0 Å². The van der Waals surface area contributed by atoms with E-state index in [9.17, 15) is 4.79 Å². The highest BCUT2D eigenvalue weighted by Gasteiger charge is 2.24. The molecule has 124 valence electrons. The van der Waals surface area contributed by atoms with E-state index in [4.69, 9.17) is 9.72 Å². The molecule has 6 heteroatoms. The van der Waals surface area contributed by atoms with E-state index < -0.39 is 0 Å². The van der Waals surface area contributed by atoms with Gasteiger partial charge in [0.25, 0.3) is 5.56 Å². The minimum Gasteiger partial charge on any atom is -0.376 e. The first kappa shape index (κ1) is 15.7. The van der Waals surface area contributed by atoms with Gasteiger partial charge in [0.1, 0.15) is 4.83 Å². The predicted molar refractivity (Wildman–Crippen MR) is 95.9 cm³/mol. The zero-order chi connectivity index (χ0) is 15.8. The van der Waals surface area contributed by atoms with Gasteiger partial charge in [-0.1, -0.05) is 18.7 Å². The number of aryl methyl sites for hydroxylation is 2. The van der Waals surface area contributed by atoms with E-state index in [-0.39, 0.29) is 11.7 Å². The molecule has 23 heavy (non-hydrogen) atoms. The van der Waals surface area contributed by atoms with Gasteiger partial charge in [-0.15, -0.1) is 11.3 Å². The van der Waals surface area contributed by atoms with Gasteiger partial charge in [0.2, 0.25) is 0 Å². The molecule has 0 radical (unpaired) electrons. The molecule has 0 amide bonds. The molecule has 2 aromatic heterocycles. The van der Waals surface area contributed by atoms with Crippen LogP contribution >= 0.6 is 23.1 Å². The molecule has 1 saturated heterocycles. The highest BCUT2D eigenvalue weighted by atomic mass is 32.2. The van der Waals surface area contributed by atoms with Gasteiger partial charge < -0.3 is 4.74 Å². The molecule has 0 bridgehead atoms. The Kier molecular flexibility index (Phi) is 4.48. The molecular weight excluding hydrogens is 328 g/mol. The molecule has 3 heterocycles. The maximum atomic E-state index is 13.2. The lowest BCUT2D eigenvalue weighted by Crippen LogP contribution is -2.29. The molecule has 2 aliphatic rings. The van der Waals surface area contributed by atoms with Crippen molar-refractivity contribution >= 4 is 33.3 Å². The summed E-state index contributed by atoms with van der Waals surface area (Å²) in [6, 6.07) is 0. The molecule has 1 atom stereocenters. The molecule has 0 spiro atoms. The van der Waals surface area contributed by atoms with Crippen molar-refractivity contribution in [2.24, 2.45) is 0 Å². The number of thioether (sulfide) groups is 1. The molecule has 1 aliphatic heterocycles. The van der Waals surface area contributed by atoms with E-state index in [2.05, 4.69) is 6.92 Å². The SMILES string of the molecule is CCSc1nc2sc3c(c2c(=O)n1CC1CCCO1)CCCC3. The molecule has 1 fully saturated rings. The van der Waals surface area contributed by atoms with Crippen molar-refractivity contribution in [3.05, 3.63) is 20.8 Å². The second-order valence-corrected chi connectivity index (χ2v) is 8.58. The van der Waals surface area contributed by atoms with Crippen LogP contribution in [-0.2, 0) is 24.1 Å². The average molecular weight is 351 g/mol. The zero-order valence-electron chi connectivity index (χ0n) is 13.5. The largest absolute Gasteiger partial charge is 0.376 e. The van der Waals surface area contributed by atoms with E-state index in [1.165, 1.54) is 23.3 Å². The minimum atomic E-state index is 0.154. The van der Waals surface area contributed by atoms with Gasteiger partial charge in [-0.05, 0) is 49.8 Å². The van der Waals surface area contributed by atoms with Crippen molar-refractivity contribution in [1.29, 1.82) is 0 Å². The summed E-state index contributed by atoms with van der Waals surface area (Å²) < 4.78 is 7.64. The molecular formula is C17H22N2O2S2. The van der Waals surface area contributed by atoms with Crippen molar-refractivity contribution in [1.82, 2.24) is 9.55 Å². The Morgan fingerprint density at radius 3 is 3.00 bits per heavy atom. The van der Waals surface area contributed by atoms with Gasteiger partial charge in [-0.3, -0.25) is 9.36 Å². The van der Waals surface area contributed by atoms with Crippen molar-refractivity contribution in [2.45, 2.75) is 63.3 Å². The molecule has 0 N–H and O–H groups in total. The van der Waals surface area contributed by atoms with E-state index in [0.29, 0.717) is 6.54 Å². The van der Waals surface area contributed by atoms with Gasteiger partial charge in [0.15, 0.2) is 5.16 Å². The van der Waals surface area contributed by atoms with Crippen LogP contribution < -0.4 is 5.56 Å². The van der Waals surface area contributed by atoms with Crippen LogP contribution in [0.15, 0.2) is 9.95 Å². The van der Waals surface area contributed by atoms with Crippen molar-refractivity contribution < 1.29 is 4.74 Å². The standard InChI is InChI=1S/C17H22N2O2S2/c1-2-22-17-18-15-14(12-7-3-4-8-13(12)23-15)16(20)19(17)10-11-6-5-9-21-11/h11H,2-10H2,1H3. The molecule has 4 nitrogen and oxygen atoms in total. The second kappa shape index (κ2) is 6.57. The fourth-order valence-electron chi connectivity index (χ4n) is 3.61. The second-order valence-electron chi connectivity index (χ2n) is 6.27. The summed E-state index contributed by atoms with van der Waals surface area (Å²) in [7, 11) is 0. The summed E-state index contributed by atoms with van der Waals surface area (Å²) in [5.74, 6) is 0.925. The third-order valence-electron chi connectivity index (χ3n) is 4.72. The van der Waals surface area contributed by atoms with Crippen LogP contribution in [-0.4, -0.2) is 28.0 Å². The highest BCUT2D eigenvalue weighted by molar-refractivity contribution is 7.99. The number of ether oxygens (including phenoxy) is 1. The Labute approximate surface area is 144 Å². The molecule has 0 aromatic carbocycles. The van der Waals surface area contributed by atoms with Crippen LogP contribution in [0.25, 0.3) is 10.2 Å². The summed E-state index contributed by atoms with van der Waals surface area (Å²) in [6.07, 6.45) is 6.87. The van der Waals surface area contributed by atoms with Gasteiger partial charge in [0.05, 0.1) is 18.0 Å². The summed E-state index contributed by atoms with van der Waals surface area (Å²) >= 11 is 3.40. The third-order valence-corrected chi connectivity index (χ3v) is 6.77. The Morgan fingerprint density at radius 1 is 1.35 bits per heavy atom. The predicted octanol–water partition coefficient (Wildman–Crippen LogP) is 3.63. The summed E-state index contributed by atoms with van der Waals surface area (Å²) in [4.78, 5) is 20.4. The Hall–Kier alpha value is -0.850. The van der Waals surface area contributed by atoms with Gasteiger partial charge in [0, 0.05) is 11.5 Å². The molecule has 0 saturated carbocycles. The first-order chi connectivity index (χ1) is 11.3. The zero-order valence-corrected chi connectivity index (χ0v) is 15.1. The van der Waals surface area contributed by atoms with E-state index in [0.717, 1.165) is 53.4 Å². The van der Waals surface area contributed by atoms with Crippen LogP contribution in [0.5, 0.6) is 0 Å². The molecule has 1 aliphatic carbocycles. The lowest BCUT2D eigenvalue weighted by molar-refractivity contribution is 0.0937. The van der Waals surface area contributed by atoms with Gasteiger partial charge in [-0.2, -0.15) is 0 Å². The van der Waals surface area contributed by atoms with Crippen LogP contribution in [0.1, 0.15) is 43.0 Å². The van der Waals surface area contributed by atoms with Gasteiger partial charge >= 0.3 is 0 Å². The molecule has 4 rings (SSSR count). The fraction of sp³-hybridized carbons (Fsp3) is 0.647. The third kappa shape index (κ3) is 2.85. The minimum absolute atomic E-state index is 0.154. The Morgan fingerprint density at radius 2 is 2.22 bits per heavy atom. The van der Waals surface area contributed by atoms with Crippen LogP contribution in [0.2, 0.25) is 0 Å². The van der Waals surface area contributed by atoms with E-state index in [1.54, 1.807) is 23.1 Å². The van der Waals surface area contributed by atoms with E-state index >= 15 is 0 Å². The van der Waals surface area contributed by atoms with Crippen LogP contribution in [0.4, 0.5) is 0 Å². The number of thiophene rings is 1. The average Bonchev–Trinajstić information content (AvgIpc) is 3.18. The topological polar surface area (TPSA) is 44.1 Å². The Bertz CT molecular complexity index is 775. The molecule has 1 unspecified atom stereocenters. The quantitative estimate of drug-likeness (QED) is 0.624. The summed E-state index contributed by atoms with van der Waals surface area (Å²) in [6.45, 7) is 3.57. The Balaban J connectivity index is 1.85. The monoisotopic (exact) mass is 350 g/mol. The number of hydrogen-bond donors (Lipinski definition) is 0. The number of nitrogens with zero attached hydrogens (tertiary/aromatic N) is 2. The van der Waals surface area contributed by atoms with E-state index in [1.807, 2.05) is 4.57 Å².